The van der Waals surface area contributed by atoms with Gasteiger partial charge in [0.05, 0.1) is 6.10 Å². The predicted octanol–water partition coefficient (Wildman–Crippen LogP) is 0.920. The first kappa shape index (κ1) is 11.4. The fourth-order valence-electron chi connectivity index (χ4n) is 1.33. The van der Waals surface area contributed by atoms with Gasteiger partial charge in [-0.1, -0.05) is 0 Å². The first-order valence-corrected chi connectivity index (χ1v) is 4.79. The average Bonchev–Trinajstić information content (AvgIpc) is 2.17. The molecule has 0 amide bonds. The first-order chi connectivity index (χ1) is 7.13. The van der Waals surface area contributed by atoms with Gasteiger partial charge >= 0.3 is 0 Å². The lowest BCUT2D eigenvalue weighted by Crippen LogP contribution is -2.22. The summed E-state index contributed by atoms with van der Waals surface area (Å²) in [5.41, 5.74) is 0.273. The molecule has 15 heavy (non-hydrogen) atoms. The number of nitrogens with one attached hydrogen (secondary N) is 1. The summed E-state index contributed by atoms with van der Waals surface area (Å²) in [6, 6.07) is 2.01. The number of anilines is 1. The molecule has 1 aromatic rings. The Bertz CT molecular complexity index is 359. The molecule has 0 bridgehead atoms. The molecule has 0 radical (unpaired) electrons. The zero-order valence-electron chi connectivity index (χ0n) is 8.81. The fraction of sp³-hybridized carbons (Fsp3) is 0.500. The van der Waals surface area contributed by atoms with Crippen molar-refractivity contribution in [2.24, 2.45) is 0 Å². The number of nitrogens with zero attached hydrogens (tertiary/aromatic N) is 3. The Balaban J connectivity index is 2.68. The van der Waals surface area contributed by atoms with Crippen LogP contribution in [0.1, 0.15) is 26.0 Å². The molecule has 0 aliphatic rings. The molecule has 2 unspecified atom stereocenters. The highest BCUT2D eigenvalue weighted by atomic mass is 16.3. The summed E-state index contributed by atoms with van der Waals surface area (Å²) in [4.78, 5) is 7.90. The van der Waals surface area contributed by atoms with Crippen LogP contribution in [-0.4, -0.2) is 27.2 Å². The van der Waals surface area contributed by atoms with Crippen molar-refractivity contribution in [1.29, 1.82) is 5.26 Å². The summed E-state index contributed by atoms with van der Waals surface area (Å²) in [5.74, 6) is 0.466. The predicted molar refractivity (Wildman–Crippen MR) is 56.1 cm³/mol. The van der Waals surface area contributed by atoms with Crippen LogP contribution in [0, 0.1) is 11.3 Å². The molecule has 2 N–H and O–H groups in total. The van der Waals surface area contributed by atoms with E-state index in [2.05, 4.69) is 15.3 Å². The highest BCUT2D eigenvalue weighted by Gasteiger charge is 2.09. The lowest BCUT2D eigenvalue weighted by Gasteiger charge is -2.15. The minimum atomic E-state index is -0.380. The van der Waals surface area contributed by atoms with E-state index < -0.39 is 0 Å². The molecule has 0 fully saturated rings. The number of hydrogen-bond donors (Lipinski definition) is 2. The maximum atomic E-state index is 9.19. The third kappa shape index (κ3) is 3.52. The number of nitriles is 1. The van der Waals surface area contributed by atoms with E-state index in [0.29, 0.717) is 12.2 Å². The second-order valence-corrected chi connectivity index (χ2v) is 3.50. The largest absolute Gasteiger partial charge is 0.393 e. The highest BCUT2D eigenvalue weighted by Crippen LogP contribution is 2.10. The maximum Gasteiger partial charge on any atom is 0.182 e. The standard InChI is InChI=1S/C10H14N4O/c1-7(5-8(2)15)14-10-9(6-11)12-3-4-13-10/h3-4,7-8,15H,5H2,1-2H3,(H,13,14). The molecular formula is C10H14N4O. The van der Waals surface area contributed by atoms with Crippen LogP contribution in [0.3, 0.4) is 0 Å². The summed E-state index contributed by atoms with van der Waals surface area (Å²) in [7, 11) is 0. The average molecular weight is 206 g/mol. The molecule has 5 nitrogen and oxygen atoms in total. The topological polar surface area (TPSA) is 81.8 Å². The molecular weight excluding hydrogens is 192 g/mol. The van der Waals surface area contributed by atoms with Gasteiger partial charge in [-0.3, -0.25) is 0 Å². The van der Waals surface area contributed by atoms with Crippen molar-refractivity contribution >= 4 is 5.82 Å². The smallest absolute Gasteiger partial charge is 0.182 e. The van der Waals surface area contributed by atoms with Gasteiger partial charge in [0.1, 0.15) is 6.07 Å². The number of aromatic nitrogens is 2. The highest BCUT2D eigenvalue weighted by molar-refractivity contribution is 5.47. The zero-order valence-corrected chi connectivity index (χ0v) is 8.81. The van der Waals surface area contributed by atoms with Crippen LogP contribution in [0.2, 0.25) is 0 Å². The van der Waals surface area contributed by atoms with Gasteiger partial charge in [-0.15, -0.1) is 0 Å². The number of rotatable bonds is 4. The third-order valence-electron chi connectivity index (χ3n) is 1.88. The first-order valence-electron chi connectivity index (χ1n) is 4.79. The van der Waals surface area contributed by atoms with E-state index in [-0.39, 0.29) is 17.8 Å². The van der Waals surface area contributed by atoms with Crippen LogP contribution in [0.25, 0.3) is 0 Å². The molecule has 80 valence electrons. The zero-order chi connectivity index (χ0) is 11.3. The SMILES string of the molecule is CC(O)CC(C)Nc1nccnc1C#N. The van der Waals surface area contributed by atoms with E-state index in [1.807, 2.05) is 13.0 Å². The Morgan fingerprint density at radius 2 is 2.13 bits per heavy atom. The van der Waals surface area contributed by atoms with E-state index in [1.165, 1.54) is 12.4 Å². The van der Waals surface area contributed by atoms with E-state index in [1.54, 1.807) is 6.92 Å². The molecule has 2 atom stereocenters. The Labute approximate surface area is 88.8 Å². The van der Waals surface area contributed by atoms with Crippen molar-refractivity contribution in [3.8, 4) is 6.07 Å². The van der Waals surface area contributed by atoms with E-state index in [9.17, 15) is 5.11 Å². The normalized spacial score (nSPS) is 14.0. The van der Waals surface area contributed by atoms with Gasteiger partial charge in [0.15, 0.2) is 11.5 Å². The minimum Gasteiger partial charge on any atom is -0.393 e. The second-order valence-electron chi connectivity index (χ2n) is 3.50. The van der Waals surface area contributed by atoms with Gasteiger partial charge in [-0.25, -0.2) is 9.97 Å². The van der Waals surface area contributed by atoms with Crippen molar-refractivity contribution in [2.75, 3.05) is 5.32 Å². The molecule has 0 aliphatic heterocycles. The van der Waals surface area contributed by atoms with Gasteiger partial charge in [0.2, 0.25) is 0 Å². The van der Waals surface area contributed by atoms with Crippen LogP contribution in [0.5, 0.6) is 0 Å². The number of aliphatic hydroxyl groups excluding tert-OH is 1. The molecule has 1 aromatic heterocycles. The molecule has 0 saturated carbocycles. The molecule has 0 saturated heterocycles. The summed E-state index contributed by atoms with van der Waals surface area (Å²) >= 11 is 0. The van der Waals surface area contributed by atoms with Crippen molar-refractivity contribution < 1.29 is 5.11 Å². The Kier molecular flexibility index (Phi) is 4.01. The van der Waals surface area contributed by atoms with Gasteiger partial charge < -0.3 is 10.4 Å². The monoisotopic (exact) mass is 206 g/mol. The van der Waals surface area contributed by atoms with Crippen molar-refractivity contribution in [1.82, 2.24) is 9.97 Å². The van der Waals surface area contributed by atoms with Gasteiger partial charge in [-0.05, 0) is 20.3 Å². The summed E-state index contributed by atoms with van der Waals surface area (Å²) < 4.78 is 0. The minimum absolute atomic E-state index is 0.0498. The molecule has 0 aromatic carbocycles. The van der Waals surface area contributed by atoms with Gasteiger partial charge in [-0.2, -0.15) is 5.26 Å². The van der Waals surface area contributed by atoms with Crippen LogP contribution >= 0.6 is 0 Å². The quantitative estimate of drug-likeness (QED) is 0.765. The van der Waals surface area contributed by atoms with Crippen molar-refractivity contribution in [3.05, 3.63) is 18.1 Å². The molecule has 1 heterocycles. The summed E-state index contributed by atoms with van der Waals surface area (Å²) in [6.07, 6.45) is 3.22. The lowest BCUT2D eigenvalue weighted by molar-refractivity contribution is 0.179. The van der Waals surface area contributed by atoms with E-state index >= 15 is 0 Å². The van der Waals surface area contributed by atoms with Crippen LogP contribution in [0.15, 0.2) is 12.4 Å². The maximum absolute atomic E-state index is 9.19. The molecule has 0 spiro atoms. The number of hydrogen-bond acceptors (Lipinski definition) is 5. The molecule has 1 rings (SSSR count). The molecule has 5 heteroatoms. The van der Waals surface area contributed by atoms with E-state index in [4.69, 9.17) is 5.26 Å². The van der Waals surface area contributed by atoms with Crippen LogP contribution in [0.4, 0.5) is 5.82 Å². The van der Waals surface area contributed by atoms with Gasteiger partial charge in [0.25, 0.3) is 0 Å². The lowest BCUT2D eigenvalue weighted by atomic mass is 10.1. The van der Waals surface area contributed by atoms with E-state index in [0.717, 1.165) is 0 Å². The summed E-state index contributed by atoms with van der Waals surface area (Å²) in [5, 5.41) is 21.0. The third-order valence-corrected chi connectivity index (χ3v) is 1.88. The number of aliphatic hydroxyl groups is 1. The van der Waals surface area contributed by atoms with Crippen molar-refractivity contribution in [2.45, 2.75) is 32.4 Å². The summed E-state index contributed by atoms with van der Waals surface area (Å²) in [6.45, 7) is 3.64. The second kappa shape index (κ2) is 5.27. The van der Waals surface area contributed by atoms with Crippen molar-refractivity contribution in [3.63, 3.8) is 0 Å². The Hall–Kier alpha value is -1.67. The molecule has 0 aliphatic carbocycles. The Morgan fingerprint density at radius 3 is 2.73 bits per heavy atom. The van der Waals surface area contributed by atoms with Crippen LogP contribution < -0.4 is 5.32 Å². The van der Waals surface area contributed by atoms with Crippen LogP contribution in [-0.2, 0) is 0 Å². The Morgan fingerprint density at radius 1 is 1.47 bits per heavy atom. The van der Waals surface area contributed by atoms with Gasteiger partial charge in [0, 0.05) is 18.4 Å². The fourth-order valence-corrected chi connectivity index (χ4v) is 1.33.